The van der Waals surface area contributed by atoms with Gasteiger partial charge < -0.3 is 10.5 Å². The predicted molar refractivity (Wildman–Crippen MR) is 71.2 cm³/mol. The fourth-order valence-corrected chi connectivity index (χ4v) is 1.81. The molecule has 0 fully saturated rings. The molecule has 0 spiro atoms. The number of thioether (sulfide) groups is 1. The van der Waals surface area contributed by atoms with E-state index in [-0.39, 0.29) is 0 Å². The van der Waals surface area contributed by atoms with Gasteiger partial charge in [0.1, 0.15) is 18.2 Å². The molecule has 0 saturated carbocycles. The quantitative estimate of drug-likeness (QED) is 0.843. The Hall–Kier alpha value is -1.68. The van der Waals surface area contributed by atoms with Crippen LogP contribution in [0.2, 0.25) is 0 Å². The van der Waals surface area contributed by atoms with Crippen LogP contribution in [-0.4, -0.2) is 11.2 Å². The molecule has 2 N–H and O–H groups in total. The molecule has 17 heavy (non-hydrogen) atoms. The number of nitrogens with zero attached hydrogens (tertiary/aromatic N) is 1. The van der Waals surface area contributed by atoms with Gasteiger partial charge in [0.2, 0.25) is 0 Å². The molecule has 4 heteroatoms. The van der Waals surface area contributed by atoms with Crippen LogP contribution in [-0.2, 0) is 6.61 Å². The monoisotopic (exact) mass is 246 g/mol. The van der Waals surface area contributed by atoms with E-state index in [2.05, 4.69) is 4.98 Å². The molecule has 0 aliphatic rings. The van der Waals surface area contributed by atoms with Crippen LogP contribution in [0, 0.1) is 0 Å². The molecule has 0 bridgehead atoms. The largest absolute Gasteiger partial charge is 0.489 e. The van der Waals surface area contributed by atoms with Gasteiger partial charge >= 0.3 is 0 Å². The summed E-state index contributed by atoms with van der Waals surface area (Å²) in [6, 6.07) is 11.8. The van der Waals surface area contributed by atoms with Crippen LogP contribution >= 0.6 is 11.8 Å². The van der Waals surface area contributed by atoms with Crippen LogP contribution in [0.4, 0.5) is 5.82 Å². The van der Waals surface area contributed by atoms with Gasteiger partial charge in [-0.05, 0) is 36.6 Å². The Kier molecular flexibility index (Phi) is 3.88. The maximum atomic E-state index is 5.74. The summed E-state index contributed by atoms with van der Waals surface area (Å²) < 4.78 is 5.64. The van der Waals surface area contributed by atoms with Crippen molar-refractivity contribution in [1.29, 1.82) is 0 Å². The van der Waals surface area contributed by atoms with Crippen molar-refractivity contribution in [2.24, 2.45) is 0 Å². The third kappa shape index (κ3) is 3.14. The highest BCUT2D eigenvalue weighted by Crippen LogP contribution is 2.20. The third-order valence-electron chi connectivity index (χ3n) is 2.38. The van der Waals surface area contributed by atoms with Crippen LogP contribution < -0.4 is 10.5 Å². The van der Waals surface area contributed by atoms with Gasteiger partial charge in [0.05, 0.1) is 0 Å². The van der Waals surface area contributed by atoms with Crippen molar-refractivity contribution >= 4 is 17.6 Å². The van der Waals surface area contributed by atoms with Crippen LogP contribution in [0.15, 0.2) is 47.5 Å². The lowest BCUT2D eigenvalue weighted by Gasteiger charge is -2.08. The first kappa shape index (κ1) is 11.8. The first-order chi connectivity index (χ1) is 8.29. The van der Waals surface area contributed by atoms with Gasteiger partial charge in [-0.25, -0.2) is 4.98 Å². The second kappa shape index (κ2) is 5.59. The van der Waals surface area contributed by atoms with Crippen LogP contribution in [0.5, 0.6) is 5.75 Å². The van der Waals surface area contributed by atoms with Crippen molar-refractivity contribution < 1.29 is 4.74 Å². The minimum Gasteiger partial charge on any atom is -0.489 e. The molecule has 88 valence electrons. The average Bonchev–Trinajstić information content (AvgIpc) is 2.38. The molecular weight excluding hydrogens is 232 g/mol. The number of ether oxygens (including phenoxy) is 1. The van der Waals surface area contributed by atoms with E-state index < -0.39 is 0 Å². The predicted octanol–water partition coefficient (Wildman–Crippen LogP) is 2.96. The van der Waals surface area contributed by atoms with E-state index in [1.807, 2.05) is 42.7 Å². The Morgan fingerprint density at radius 1 is 1.24 bits per heavy atom. The summed E-state index contributed by atoms with van der Waals surface area (Å²) in [6.45, 7) is 0.443. The molecule has 0 aliphatic carbocycles. The summed E-state index contributed by atoms with van der Waals surface area (Å²) in [6.07, 6.45) is 3.72. The van der Waals surface area contributed by atoms with E-state index in [0.29, 0.717) is 12.4 Å². The number of anilines is 1. The SMILES string of the molecule is CSc1ccc(OCc2cccnc2N)cc1. The van der Waals surface area contributed by atoms with E-state index in [4.69, 9.17) is 10.5 Å². The van der Waals surface area contributed by atoms with Crippen molar-refractivity contribution in [3.63, 3.8) is 0 Å². The summed E-state index contributed by atoms with van der Waals surface area (Å²) in [7, 11) is 0. The van der Waals surface area contributed by atoms with Crippen LogP contribution in [0.25, 0.3) is 0 Å². The highest BCUT2D eigenvalue weighted by molar-refractivity contribution is 7.98. The van der Waals surface area contributed by atoms with Crippen LogP contribution in [0.3, 0.4) is 0 Å². The van der Waals surface area contributed by atoms with Gasteiger partial charge in [-0.1, -0.05) is 6.07 Å². The number of hydrogen-bond acceptors (Lipinski definition) is 4. The lowest BCUT2D eigenvalue weighted by atomic mass is 10.3. The summed E-state index contributed by atoms with van der Waals surface area (Å²) in [5, 5.41) is 0. The number of nitrogen functional groups attached to an aromatic ring is 1. The average molecular weight is 246 g/mol. The lowest BCUT2D eigenvalue weighted by molar-refractivity contribution is 0.306. The maximum absolute atomic E-state index is 5.74. The Balaban J connectivity index is 2.00. The molecule has 0 aliphatic heterocycles. The lowest BCUT2D eigenvalue weighted by Crippen LogP contribution is -2.01. The number of nitrogens with two attached hydrogens (primary N) is 1. The summed E-state index contributed by atoms with van der Waals surface area (Å²) >= 11 is 1.71. The Morgan fingerprint density at radius 2 is 2.00 bits per heavy atom. The van der Waals surface area contributed by atoms with Crippen molar-refractivity contribution in [3.8, 4) is 5.75 Å². The molecule has 1 aromatic heterocycles. The number of hydrogen-bond donors (Lipinski definition) is 1. The topological polar surface area (TPSA) is 48.1 Å². The minimum absolute atomic E-state index is 0.443. The molecule has 3 nitrogen and oxygen atoms in total. The first-order valence-electron chi connectivity index (χ1n) is 5.26. The molecule has 0 saturated heterocycles. The second-order valence-electron chi connectivity index (χ2n) is 3.51. The zero-order chi connectivity index (χ0) is 12.1. The van der Waals surface area contributed by atoms with E-state index in [1.54, 1.807) is 18.0 Å². The molecule has 0 amide bonds. The van der Waals surface area contributed by atoms with Crippen molar-refractivity contribution in [2.75, 3.05) is 12.0 Å². The van der Waals surface area contributed by atoms with Gasteiger partial charge in [-0.2, -0.15) is 0 Å². The van der Waals surface area contributed by atoms with Crippen molar-refractivity contribution in [2.45, 2.75) is 11.5 Å². The molecule has 2 rings (SSSR count). The molecule has 2 aromatic rings. The smallest absolute Gasteiger partial charge is 0.129 e. The summed E-state index contributed by atoms with van der Waals surface area (Å²) in [4.78, 5) is 5.23. The van der Waals surface area contributed by atoms with Crippen molar-refractivity contribution in [1.82, 2.24) is 4.98 Å². The van der Waals surface area contributed by atoms with Gasteiger partial charge in [-0.3, -0.25) is 0 Å². The normalized spacial score (nSPS) is 10.2. The standard InChI is InChI=1S/C13H14N2OS/c1-17-12-6-4-11(5-7-12)16-9-10-3-2-8-15-13(10)14/h2-8H,9H2,1H3,(H2,14,15). The molecule has 0 atom stereocenters. The highest BCUT2D eigenvalue weighted by atomic mass is 32.2. The van der Waals surface area contributed by atoms with Gasteiger partial charge in [0.25, 0.3) is 0 Å². The maximum Gasteiger partial charge on any atom is 0.129 e. The Labute approximate surface area is 105 Å². The third-order valence-corrected chi connectivity index (χ3v) is 3.12. The first-order valence-corrected chi connectivity index (χ1v) is 6.48. The minimum atomic E-state index is 0.443. The van der Waals surface area contributed by atoms with E-state index >= 15 is 0 Å². The second-order valence-corrected chi connectivity index (χ2v) is 4.39. The fraction of sp³-hybridized carbons (Fsp3) is 0.154. The molecule has 1 aromatic carbocycles. The number of pyridine rings is 1. The molecule has 0 unspecified atom stereocenters. The number of aromatic nitrogens is 1. The Bertz CT molecular complexity index is 485. The van der Waals surface area contributed by atoms with E-state index in [9.17, 15) is 0 Å². The van der Waals surface area contributed by atoms with Crippen molar-refractivity contribution in [3.05, 3.63) is 48.2 Å². The number of rotatable bonds is 4. The molecular formula is C13H14N2OS. The van der Waals surface area contributed by atoms with E-state index in [0.717, 1.165) is 11.3 Å². The number of benzene rings is 1. The van der Waals surface area contributed by atoms with E-state index in [1.165, 1.54) is 4.90 Å². The summed E-state index contributed by atoms with van der Waals surface area (Å²) in [5.74, 6) is 1.36. The molecule has 0 radical (unpaired) electrons. The zero-order valence-corrected chi connectivity index (χ0v) is 10.4. The fourth-order valence-electron chi connectivity index (χ4n) is 1.41. The van der Waals surface area contributed by atoms with Gasteiger partial charge in [0.15, 0.2) is 0 Å². The highest BCUT2D eigenvalue weighted by Gasteiger charge is 2.00. The Morgan fingerprint density at radius 3 is 2.65 bits per heavy atom. The van der Waals surface area contributed by atoms with Gasteiger partial charge in [0, 0.05) is 16.7 Å². The van der Waals surface area contributed by atoms with Crippen LogP contribution in [0.1, 0.15) is 5.56 Å². The summed E-state index contributed by atoms with van der Waals surface area (Å²) in [5.41, 5.74) is 6.64. The molecule has 1 heterocycles. The van der Waals surface area contributed by atoms with Gasteiger partial charge in [-0.15, -0.1) is 11.8 Å². The zero-order valence-electron chi connectivity index (χ0n) is 9.59.